The number of hydrogen-bond donors (Lipinski definition) is 2. The lowest BCUT2D eigenvalue weighted by atomic mass is 10.2. The van der Waals surface area contributed by atoms with Gasteiger partial charge in [-0.3, -0.25) is 9.52 Å². The molecule has 0 saturated carbocycles. The van der Waals surface area contributed by atoms with Gasteiger partial charge in [0, 0.05) is 11.4 Å². The monoisotopic (exact) mass is 439 g/mol. The molecule has 2 aromatic carbocycles. The van der Waals surface area contributed by atoms with Gasteiger partial charge in [0.1, 0.15) is 0 Å². The molecule has 0 spiro atoms. The molecule has 25 heavy (non-hydrogen) atoms. The fourth-order valence-electron chi connectivity index (χ4n) is 2.29. The standard InChI is InChI=1S/C16H14BrN3O3S2/c1-9-7-12(8-14-15(9)19-16(24-14)18-10(2)21)20-25(22,23)13-5-3-11(17)4-6-13/h3-8,20H,1-2H3,(H,18,19,21). The number of anilines is 2. The Morgan fingerprint density at radius 2 is 1.88 bits per heavy atom. The van der Waals surface area contributed by atoms with Gasteiger partial charge in [-0.1, -0.05) is 27.3 Å². The first-order valence-corrected chi connectivity index (χ1v) is 10.3. The zero-order chi connectivity index (χ0) is 18.2. The third kappa shape index (κ3) is 4.00. The van der Waals surface area contributed by atoms with E-state index in [1.807, 2.05) is 6.92 Å². The molecule has 0 aliphatic heterocycles. The third-order valence-electron chi connectivity index (χ3n) is 3.34. The van der Waals surface area contributed by atoms with Crippen molar-refractivity contribution >= 4 is 64.2 Å². The number of fused-ring (bicyclic) bond motifs is 1. The Kier molecular flexibility index (Phi) is 4.81. The predicted octanol–water partition coefficient (Wildman–Crippen LogP) is 4.13. The first-order chi connectivity index (χ1) is 11.7. The van der Waals surface area contributed by atoms with Crippen LogP contribution in [-0.2, 0) is 14.8 Å². The number of amides is 1. The van der Waals surface area contributed by atoms with Crippen LogP contribution in [0.4, 0.5) is 10.8 Å². The lowest BCUT2D eigenvalue weighted by Gasteiger charge is -2.09. The molecule has 0 saturated heterocycles. The van der Waals surface area contributed by atoms with Gasteiger partial charge in [-0.2, -0.15) is 0 Å². The molecule has 0 aliphatic rings. The molecule has 6 nitrogen and oxygen atoms in total. The molecule has 1 heterocycles. The van der Waals surface area contributed by atoms with E-state index in [-0.39, 0.29) is 10.8 Å². The first kappa shape index (κ1) is 17.8. The molecule has 0 fully saturated rings. The highest BCUT2D eigenvalue weighted by atomic mass is 79.9. The van der Waals surface area contributed by atoms with Crippen molar-refractivity contribution in [3.63, 3.8) is 0 Å². The molecule has 0 aliphatic carbocycles. The summed E-state index contributed by atoms with van der Waals surface area (Å²) in [5.41, 5.74) is 2.00. The zero-order valence-electron chi connectivity index (χ0n) is 13.3. The lowest BCUT2D eigenvalue weighted by molar-refractivity contribution is -0.114. The Morgan fingerprint density at radius 3 is 2.52 bits per heavy atom. The summed E-state index contributed by atoms with van der Waals surface area (Å²) in [6, 6.07) is 9.83. The smallest absolute Gasteiger partial charge is 0.261 e. The average molecular weight is 440 g/mol. The van der Waals surface area contributed by atoms with Crippen LogP contribution in [0.1, 0.15) is 12.5 Å². The van der Waals surface area contributed by atoms with Crippen LogP contribution in [0.2, 0.25) is 0 Å². The SMILES string of the molecule is CC(=O)Nc1nc2c(C)cc(NS(=O)(=O)c3ccc(Br)cc3)cc2s1. The number of benzene rings is 2. The van der Waals surface area contributed by atoms with Crippen molar-refractivity contribution in [2.45, 2.75) is 18.7 Å². The van der Waals surface area contributed by atoms with Gasteiger partial charge in [0.15, 0.2) is 5.13 Å². The van der Waals surface area contributed by atoms with Crippen molar-refractivity contribution in [2.24, 2.45) is 0 Å². The van der Waals surface area contributed by atoms with Crippen molar-refractivity contribution in [2.75, 3.05) is 10.0 Å². The molecule has 0 atom stereocenters. The summed E-state index contributed by atoms with van der Waals surface area (Å²) < 4.78 is 29.2. The van der Waals surface area contributed by atoms with Crippen molar-refractivity contribution in [3.05, 3.63) is 46.4 Å². The third-order valence-corrected chi connectivity index (χ3v) is 6.19. The highest BCUT2D eigenvalue weighted by molar-refractivity contribution is 9.10. The van der Waals surface area contributed by atoms with Gasteiger partial charge in [-0.05, 0) is 48.9 Å². The van der Waals surface area contributed by atoms with Crippen LogP contribution in [0.3, 0.4) is 0 Å². The van der Waals surface area contributed by atoms with Crippen LogP contribution in [0.25, 0.3) is 10.2 Å². The van der Waals surface area contributed by atoms with E-state index in [4.69, 9.17) is 0 Å². The molecule has 0 unspecified atom stereocenters. The number of halogens is 1. The largest absolute Gasteiger partial charge is 0.302 e. The Bertz CT molecular complexity index is 1060. The fourth-order valence-corrected chi connectivity index (χ4v) is 4.62. The lowest BCUT2D eigenvalue weighted by Crippen LogP contribution is -2.12. The van der Waals surface area contributed by atoms with Crippen molar-refractivity contribution in [1.29, 1.82) is 0 Å². The van der Waals surface area contributed by atoms with Gasteiger partial charge >= 0.3 is 0 Å². The number of rotatable bonds is 4. The molecule has 3 rings (SSSR count). The Balaban J connectivity index is 1.95. The van der Waals surface area contributed by atoms with E-state index in [2.05, 4.69) is 31.0 Å². The van der Waals surface area contributed by atoms with Crippen LogP contribution >= 0.6 is 27.3 Å². The number of aryl methyl sites for hydroxylation is 1. The summed E-state index contributed by atoms with van der Waals surface area (Å²) in [5, 5.41) is 3.13. The summed E-state index contributed by atoms with van der Waals surface area (Å²) in [7, 11) is -3.68. The van der Waals surface area contributed by atoms with E-state index < -0.39 is 10.0 Å². The highest BCUT2D eigenvalue weighted by Gasteiger charge is 2.16. The molecule has 0 radical (unpaired) electrons. The maximum Gasteiger partial charge on any atom is 0.261 e. The quantitative estimate of drug-likeness (QED) is 0.639. The van der Waals surface area contributed by atoms with Gasteiger partial charge < -0.3 is 5.32 Å². The van der Waals surface area contributed by atoms with E-state index in [1.165, 1.54) is 30.4 Å². The van der Waals surface area contributed by atoms with Crippen molar-refractivity contribution in [1.82, 2.24) is 4.98 Å². The van der Waals surface area contributed by atoms with E-state index in [0.29, 0.717) is 10.8 Å². The number of carbonyl (C=O) groups excluding carboxylic acids is 1. The van der Waals surface area contributed by atoms with E-state index in [9.17, 15) is 13.2 Å². The number of hydrogen-bond acceptors (Lipinski definition) is 5. The molecule has 0 bridgehead atoms. The Hall–Kier alpha value is -1.97. The van der Waals surface area contributed by atoms with Crippen molar-refractivity contribution < 1.29 is 13.2 Å². The minimum Gasteiger partial charge on any atom is -0.302 e. The molecule has 3 aromatic rings. The van der Waals surface area contributed by atoms with Crippen LogP contribution in [0.5, 0.6) is 0 Å². The Morgan fingerprint density at radius 1 is 1.20 bits per heavy atom. The second kappa shape index (κ2) is 6.74. The van der Waals surface area contributed by atoms with Gasteiger partial charge in [-0.25, -0.2) is 13.4 Å². The molecule has 9 heteroatoms. The summed E-state index contributed by atoms with van der Waals surface area (Å²) in [4.78, 5) is 15.7. The maximum absolute atomic E-state index is 12.5. The second-order valence-electron chi connectivity index (χ2n) is 5.40. The Labute approximate surface area is 157 Å². The topological polar surface area (TPSA) is 88.2 Å². The van der Waals surface area contributed by atoms with E-state index >= 15 is 0 Å². The van der Waals surface area contributed by atoms with Crippen LogP contribution in [-0.4, -0.2) is 19.3 Å². The van der Waals surface area contributed by atoms with E-state index in [0.717, 1.165) is 20.3 Å². The average Bonchev–Trinajstić information content (AvgIpc) is 2.89. The predicted molar refractivity (Wildman–Crippen MR) is 104 cm³/mol. The van der Waals surface area contributed by atoms with Crippen LogP contribution in [0, 0.1) is 6.92 Å². The summed E-state index contributed by atoms with van der Waals surface area (Å²) in [6.07, 6.45) is 0. The minimum absolute atomic E-state index is 0.177. The maximum atomic E-state index is 12.5. The molecule has 1 aromatic heterocycles. The van der Waals surface area contributed by atoms with Crippen LogP contribution < -0.4 is 10.0 Å². The molecule has 1 amide bonds. The number of nitrogens with one attached hydrogen (secondary N) is 2. The van der Waals surface area contributed by atoms with Gasteiger partial charge in [0.2, 0.25) is 5.91 Å². The highest BCUT2D eigenvalue weighted by Crippen LogP contribution is 2.32. The van der Waals surface area contributed by atoms with Gasteiger partial charge in [0.25, 0.3) is 10.0 Å². The second-order valence-corrected chi connectivity index (χ2v) is 9.03. The summed E-state index contributed by atoms with van der Waals surface area (Å²) in [5.74, 6) is -0.201. The number of carbonyl (C=O) groups is 1. The summed E-state index contributed by atoms with van der Waals surface area (Å²) in [6.45, 7) is 3.26. The number of sulfonamides is 1. The first-order valence-electron chi connectivity index (χ1n) is 7.22. The molecule has 130 valence electrons. The van der Waals surface area contributed by atoms with Crippen molar-refractivity contribution in [3.8, 4) is 0 Å². The van der Waals surface area contributed by atoms with Gasteiger partial charge in [-0.15, -0.1) is 0 Å². The fraction of sp³-hybridized carbons (Fsp3) is 0.125. The normalized spacial score (nSPS) is 11.5. The minimum atomic E-state index is -3.68. The number of nitrogens with zero attached hydrogens (tertiary/aromatic N) is 1. The molecular formula is C16H14BrN3O3S2. The number of thiazole rings is 1. The zero-order valence-corrected chi connectivity index (χ0v) is 16.5. The van der Waals surface area contributed by atoms with Crippen LogP contribution in [0.15, 0.2) is 45.8 Å². The molecular weight excluding hydrogens is 426 g/mol. The number of aromatic nitrogens is 1. The van der Waals surface area contributed by atoms with Gasteiger partial charge in [0.05, 0.1) is 20.8 Å². The van der Waals surface area contributed by atoms with E-state index in [1.54, 1.807) is 24.3 Å². The molecule has 2 N–H and O–H groups in total. The summed E-state index contributed by atoms with van der Waals surface area (Å²) >= 11 is 4.58.